The topological polar surface area (TPSA) is 26.3 Å². The lowest BCUT2D eigenvalue weighted by atomic mass is 10.2. The van der Waals surface area contributed by atoms with Crippen LogP contribution in [0.2, 0.25) is 0 Å². The predicted octanol–water partition coefficient (Wildman–Crippen LogP) is 3.74. The number of halogens is 1. The first-order valence-corrected chi connectivity index (χ1v) is 5.18. The molecule has 0 heterocycles. The minimum Gasteiger partial charge on any atom is -0.457 e. The van der Waals surface area contributed by atoms with Crippen LogP contribution in [0.25, 0.3) is 0 Å². The van der Waals surface area contributed by atoms with Crippen LogP contribution >= 0.6 is 0 Å². The molecule has 0 saturated carbocycles. The van der Waals surface area contributed by atoms with Crippen molar-refractivity contribution in [3.63, 3.8) is 0 Å². The lowest BCUT2D eigenvalue weighted by Crippen LogP contribution is -1.88. The molecule has 2 aromatic rings. The first-order chi connectivity index (χ1) is 8.19. The Morgan fingerprint density at radius 3 is 2.29 bits per heavy atom. The molecule has 0 atom stereocenters. The van der Waals surface area contributed by atoms with Gasteiger partial charge in [0.25, 0.3) is 0 Å². The highest BCUT2D eigenvalue weighted by Crippen LogP contribution is 2.23. The molecule has 2 aromatic carbocycles. The van der Waals surface area contributed by atoms with Crippen LogP contribution in [0.3, 0.4) is 0 Å². The van der Waals surface area contributed by atoms with E-state index < -0.39 is 0 Å². The van der Waals surface area contributed by atoms with Gasteiger partial charge in [0.05, 0.1) is 0 Å². The van der Waals surface area contributed by atoms with Gasteiger partial charge in [-0.25, -0.2) is 4.39 Å². The summed E-state index contributed by atoms with van der Waals surface area (Å²) in [5.74, 6) is 0.706. The van der Waals surface area contributed by atoms with Crippen molar-refractivity contribution in [2.24, 2.45) is 0 Å². The van der Waals surface area contributed by atoms with Gasteiger partial charge in [-0.15, -0.1) is 0 Å². The smallest absolute Gasteiger partial charge is 0.150 e. The van der Waals surface area contributed by atoms with E-state index in [1.807, 2.05) is 0 Å². The molecule has 17 heavy (non-hydrogen) atoms. The maximum Gasteiger partial charge on any atom is 0.150 e. The van der Waals surface area contributed by atoms with Crippen molar-refractivity contribution in [2.45, 2.75) is 6.92 Å². The third-order valence-electron chi connectivity index (χ3n) is 2.40. The number of rotatable bonds is 3. The number of hydrogen-bond donors (Lipinski definition) is 0. The molecule has 0 aliphatic rings. The highest BCUT2D eigenvalue weighted by atomic mass is 19.1. The van der Waals surface area contributed by atoms with Gasteiger partial charge < -0.3 is 4.74 Å². The fourth-order valence-corrected chi connectivity index (χ4v) is 1.39. The second kappa shape index (κ2) is 4.78. The Morgan fingerprint density at radius 2 is 1.71 bits per heavy atom. The van der Waals surface area contributed by atoms with Gasteiger partial charge in [0.2, 0.25) is 0 Å². The molecule has 2 nitrogen and oxygen atoms in total. The van der Waals surface area contributed by atoms with E-state index in [-0.39, 0.29) is 5.82 Å². The molecule has 2 rings (SSSR count). The number of carbonyl (C=O) groups is 1. The van der Waals surface area contributed by atoms with E-state index in [1.165, 1.54) is 6.07 Å². The van der Waals surface area contributed by atoms with Gasteiger partial charge in [0.1, 0.15) is 23.6 Å². The third-order valence-corrected chi connectivity index (χ3v) is 2.40. The largest absolute Gasteiger partial charge is 0.457 e. The summed E-state index contributed by atoms with van der Waals surface area (Å²) < 4.78 is 18.7. The number of carbonyl (C=O) groups excluding carboxylic acids is 1. The minimum atomic E-state index is -0.299. The number of hydrogen-bond acceptors (Lipinski definition) is 2. The summed E-state index contributed by atoms with van der Waals surface area (Å²) in [5.41, 5.74) is 1.15. The molecule has 0 amide bonds. The summed E-state index contributed by atoms with van der Waals surface area (Å²) >= 11 is 0. The van der Waals surface area contributed by atoms with E-state index in [1.54, 1.807) is 43.3 Å². The van der Waals surface area contributed by atoms with E-state index >= 15 is 0 Å². The fourth-order valence-electron chi connectivity index (χ4n) is 1.39. The molecule has 0 bridgehead atoms. The molecule has 0 saturated heterocycles. The summed E-state index contributed by atoms with van der Waals surface area (Å²) in [6, 6.07) is 11.3. The van der Waals surface area contributed by atoms with Crippen LogP contribution in [-0.2, 0) is 0 Å². The Morgan fingerprint density at radius 1 is 1.06 bits per heavy atom. The van der Waals surface area contributed by atoms with Crippen LogP contribution in [0.5, 0.6) is 11.5 Å². The van der Waals surface area contributed by atoms with E-state index in [9.17, 15) is 9.18 Å². The van der Waals surface area contributed by atoms with Crippen LogP contribution in [0.1, 0.15) is 15.9 Å². The third kappa shape index (κ3) is 2.69. The summed E-state index contributed by atoms with van der Waals surface area (Å²) in [6.45, 7) is 1.69. The van der Waals surface area contributed by atoms with Crippen molar-refractivity contribution in [3.8, 4) is 11.5 Å². The van der Waals surface area contributed by atoms with Gasteiger partial charge in [0.15, 0.2) is 0 Å². The summed E-state index contributed by atoms with van der Waals surface area (Å²) in [5, 5.41) is 0. The Labute approximate surface area is 98.7 Å². The Bertz CT molecular complexity index is 532. The molecule has 0 aromatic heterocycles. The highest BCUT2D eigenvalue weighted by Gasteiger charge is 2.01. The van der Waals surface area contributed by atoms with Gasteiger partial charge in [-0.2, -0.15) is 0 Å². The first-order valence-electron chi connectivity index (χ1n) is 5.18. The monoisotopic (exact) mass is 230 g/mol. The minimum absolute atomic E-state index is 0.299. The Balaban J connectivity index is 2.19. The fraction of sp³-hybridized carbons (Fsp3) is 0.0714. The summed E-state index contributed by atoms with van der Waals surface area (Å²) in [7, 11) is 0. The van der Waals surface area contributed by atoms with Crippen molar-refractivity contribution in [1.82, 2.24) is 0 Å². The molecule has 0 radical (unpaired) electrons. The van der Waals surface area contributed by atoms with Gasteiger partial charge in [0, 0.05) is 11.6 Å². The zero-order valence-corrected chi connectivity index (χ0v) is 9.31. The molecule has 0 unspecified atom stereocenters. The van der Waals surface area contributed by atoms with Crippen LogP contribution in [0, 0.1) is 12.7 Å². The number of aryl methyl sites for hydroxylation is 1. The van der Waals surface area contributed by atoms with E-state index in [4.69, 9.17) is 4.74 Å². The summed E-state index contributed by atoms with van der Waals surface area (Å²) in [6.07, 6.45) is 0.759. The zero-order valence-electron chi connectivity index (χ0n) is 9.31. The normalized spacial score (nSPS) is 10.0. The maximum absolute atomic E-state index is 13.3. The van der Waals surface area contributed by atoms with Crippen molar-refractivity contribution in [2.75, 3.05) is 0 Å². The quantitative estimate of drug-likeness (QED) is 0.751. The molecular formula is C14H11FO2. The highest BCUT2D eigenvalue weighted by molar-refractivity contribution is 5.74. The van der Waals surface area contributed by atoms with Crippen LogP contribution in [0.4, 0.5) is 4.39 Å². The van der Waals surface area contributed by atoms with Gasteiger partial charge >= 0.3 is 0 Å². The number of ether oxygens (including phenoxy) is 1. The van der Waals surface area contributed by atoms with Crippen LogP contribution in [0.15, 0.2) is 42.5 Å². The van der Waals surface area contributed by atoms with Crippen LogP contribution in [-0.4, -0.2) is 6.29 Å². The van der Waals surface area contributed by atoms with Gasteiger partial charge in [-0.1, -0.05) is 6.07 Å². The number of benzene rings is 2. The van der Waals surface area contributed by atoms with E-state index in [0.29, 0.717) is 22.6 Å². The predicted molar refractivity (Wildman–Crippen MR) is 63.0 cm³/mol. The lowest BCUT2D eigenvalue weighted by Gasteiger charge is -2.06. The second-order valence-electron chi connectivity index (χ2n) is 3.70. The van der Waals surface area contributed by atoms with Gasteiger partial charge in [-0.05, 0) is 42.8 Å². The number of aldehydes is 1. The molecule has 0 aliphatic carbocycles. The first kappa shape index (κ1) is 11.3. The molecule has 0 N–H and O–H groups in total. The van der Waals surface area contributed by atoms with Crippen LogP contribution < -0.4 is 4.74 Å². The van der Waals surface area contributed by atoms with Crippen molar-refractivity contribution in [3.05, 3.63) is 59.4 Å². The molecule has 0 aliphatic heterocycles. The van der Waals surface area contributed by atoms with Crippen molar-refractivity contribution < 1.29 is 13.9 Å². The molecule has 0 spiro atoms. The van der Waals surface area contributed by atoms with Crippen molar-refractivity contribution >= 4 is 6.29 Å². The molecule has 0 fully saturated rings. The molecular weight excluding hydrogens is 219 g/mol. The van der Waals surface area contributed by atoms with Crippen molar-refractivity contribution in [1.29, 1.82) is 0 Å². The average Bonchev–Trinajstić information content (AvgIpc) is 2.35. The standard InChI is InChI=1S/C14H11FO2/c1-10-2-5-13(8-14(10)15)17-12-6-3-11(9-16)4-7-12/h2-9H,1H3. The Hall–Kier alpha value is -2.16. The van der Waals surface area contributed by atoms with E-state index in [0.717, 1.165) is 6.29 Å². The maximum atomic E-state index is 13.3. The molecule has 86 valence electrons. The lowest BCUT2D eigenvalue weighted by molar-refractivity contribution is 0.112. The molecule has 3 heteroatoms. The zero-order chi connectivity index (χ0) is 12.3. The SMILES string of the molecule is Cc1ccc(Oc2ccc(C=O)cc2)cc1F. The van der Waals surface area contributed by atoms with Gasteiger partial charge in [-0.3, -0.25) is 4.79 Å². The average molecular weight is 230 g/mol. The Kier molecular flexibility index (Phi) is 3.19. The van der Waals surface area contributed by atoms with E-state index in [2.05, 4.69) is 0 Å². The summed E-state index contributed by atoms with van der Waals surface area (Å²) in [4.78, 5) is 10.5. The second-order valence-corrected chi connectivity index (χ2v) is 3.70.